The molecule has 5 nitrogen and oxygen atoms in total. The third-order valence-electron chi connectivity index (χ3n) is 4.43. The van der Waals surface area contributed by atoms with Gasteiger partial charge in [0.25, 0.3) is 5.91 Å². The van der Waals surface area contributed by atoms with Crippen LogP contribution in [0.15, 0.2) is 36.4 Å². The Kier molecular flexibility index (Phi) is 2.53. The molecule has 0 saturated heterocycles. The highest BCUT2D eigenvalue weighted by Crippen LogP contribution is 2.51. The van der Waals surface area contributed by atoms with E-state index in [1.807, 2.05) is 31.2 Å². The van der Waals surface area contributed by atoms with Gasteiger partial charge in [0.05, 0.1) is 11.1 Å². The Bertz CT molecular complexity index is 801. The minimum Gasteiger partial charge on any atom is -0.454 e. The van der Waals surface area contributed by atoms with E-state index >= 15 is 0 Å². The number of aliphatic hydroxyl groups is 1. The number of aryl methyl sites for hydroxylation is 1. The van der Waals surface area contributed by atoms with Gasteiger partial charge in [0.1, 0.15) is 0 Å². The Morgan fingerprint density at radius 1 is 1.18 bits per heavy atom. The van der Waals surface area contributed by atoms with E-state index in [1.165, 1.54) is 4.90 Å². The van der Waals surface area contributed by atoms with Gasteiger partial charge in [0.2, 0.25) is 6.79 Å². The van der Waals surface area contributed by atoms with Crippen LogP contribution >= 0.6 is 0 Å². The highest BCUT2D eigenvalue weighted by Gasteiger charge is 2.52. The summed E-state index contributed by atoms with van der Waals surface area (Å²) in [4.78, 5) is 13.9. The summed E-state index contributed by atoms with van der Waals surface area (Å²) in [5.74, 6) is 0.758. The summed E-state index contributed by atoms with van der Waals surface area (Å²) in [6.45, 7) is 2.00. The molecule has 0 bridgehead atoms. The van der Waals surface area contributed by atoms with Crippen LogP contribution in [0.4, 0.5) is 0 Å². The molecule has 2 heterocycles. The van der Waals surface area contributed by atoms with E-state index in [2.05, 4.69) is 0 Å². The minimum absolute atomic E-state index is 0.0908. The van der Waals surface area contributed by atoms with Crippen LogP contribution in [0.25, 0.3) is 0 Å². The van der Waals surface area contributed by atoms with Crippen LogP contribution in [0.1, 0.15) is 27.0 Å². The number of fused-ring (bicyclic) bond motifs is 3. The van der Waals surface area contributed by atoms with E-state index in [0.717, 1.165) is 5.56 Å². The van der Waals surface area contributed by atoms with E-state index < -0.39 is 5.72 Å². The standard InChI is InChI=1S/C17H15NO4/c1-10-5-3-4-6-12(10)17(20)14-11(16(19)18(17)2)7-8-13-15(14)22-9-21-13/h3-8,20H,9H2,1-2H3. The molecule has 112 valence electrons. The van der Waals surface area contributed by atoms with E-state index in [-0.39, 0.29) is 12.7 Å². The van der Waals surface area contributed by atoms with Crippen molar-refractivity contribution in [3.8, 4) is 11.5 Å². The number of rotatable bonds is 1. The maximum absolute atomic E-state index is 12.6. The van der Waals surface area contributed by atoms with Crippen molar-refractivity contribution < 1.29 is 19.4 Å². The van der Waals surface area contributed by atoms with Gasteiger partial charge in [-0.3, -0.25) is 4.79 Å². The zero-order valence-electron chi connectivity index (χ0n) is 12.3. The van der Waals surface area contributed by atoms with Crippen LogP contribution in [0.2, 0.25) is 0 Å². The third kappa shape index (κ3) is 1.43. The average Bonchev–Trinajstić information content (AvgIpc) is 3.06. The first-order chi connectivity index (χ1) is 10.5. The molecule has 5 heteroatoms. The Hall–Kier alpha value is -2.53. The number of carbonyl (C=O) groups is 1. The van der Waals surface area contributed by atoms with Gasteiger partial charge in [-0.1, -0.05) is 24.3 Å². The number of hydrogen-bond acceptors (Lipinski definition) is 4. The lowest BCUT2D eigenvalue weighted by Crippen LogP contribution is -2.42. The summed E-state index contributed by atoms with van der Waals surface area (Å²) in [6, 6.07) is 10.9. The van der Waals surface area contributed by atoms with E-state index in [4.69, 9.17) is 9.47 Å². The molecular formula is C17H15NO4. The van der Waals surface area contributed by atoms with Crippen molar-refractivity contribution >= 4 is 5.91 Å². The van der Waals surface area contributed by atoms with Crippen molar-refractivity contribution in [2.45, 2.75) is 12.6 Å². The Morgan fingerprint density at radius 2 is 1.95 bits per heavy atom. The highest BCUT2D eigenvalue weighted by molar-refractivity contribution is 6.01. The van der Waals surface area contributed by atoms with Crippen molar-refractivity contribution in [3.05, 3.63) is 58.7 Å². The fourth-order valence-electron chi connectivity index (χ4n) is 3.27. The van der Waals surface area contributed by atoms with Crippen LogP contribution in [0.5, 0.6) is 11.5 Å². The first-order valence-electron chi connectivity index (χ1n) is 7.05. The van der Waals surface area contributed by atoms with Gasteiger partial charge in [-0.2, -0.15) is 0 Å². The van der Waals surface area contributed by atoms with Gasteiger partial charge in [0, 0.05) is 12.6 Å². The van der Waals surface area contributed by atoms with E-state index in [0.29, 0.717) is 28.2 Å². The number of benzene rings is 2. The normalized spacial score (nSPS) is 22.1. The Labute approximate surface area is 127 Å². The second-order valence-electron chi connectivity index (χ2n) is 5.57. The molecule has 2 aliphatic heterocycles. The second kappa shape index (κ2) is 4.24. The van der Waals surface area contributed by atoms with Crippen molar-refractivity contribution in [1.29, 1.82) is 0 Å². The van der Waals surface area contributed by atoms with Crippen LogP contribution in [-0.2, 0) is 5.72 Å². The summed E-state index contributed by atoms with van der Waals surface area (Å²) in [5, 5.41) is 11.5. The summed E-state index contributed by atoms with van der Waals surface area (Å²) in [5.41, 5.74) is 0.904. The molecule has 0 fully saturated rings. The van der Waals surface area contributed by atoms with Crippen LogP contribution in [0.3, 0.4) is 0 Å². The molecule has 0 aliphatic carbocycles. The smallest absolute Gasteiger partial charge is 0.256 e. The van der Waals surface area contributed by atoms with Gasteiger partial charge in [-0.05, 0) is 24.6 Å². The molecule has 4 rings (SSSR count). The molecule has 0 radical (unpaired) electrons. The van der Waals surface area contributed by atoms with Crippen LogP contribution < -0.4 is 9.47 Å². The number of hydrogen-bond donors (Lipinski definition) is 1. The minimum atomic E-state index is -1.56. The van der Waals surface area contributed by atoms with Gasteiger partial charge >= 0.3 is 0 Å². The predicted octanol–water partition coefficient (Wildman–Crippen LogP) is 2.00. The monoisotopic (exact) mass is 297 g/mol. The Balaban J connectivity index is 2.06. The molecule has 0 aromatic heterocycles. The topological polar surface area (TPSA) is 59.0 Å². The van der Waals surface area contributed by atoms with E-state index in [9.17, 15) is 9.90 Å². The first-order valence-corrected chi connectivity index (χ1v) is 7.05. The summed E-state index contributed by atoms with van der Waals surface area (Å²) < 4.78 is 10.9. The maximum Gasteiger partial charge on any atom is 0.256 e. The fourth-order valence-corrected chi connectivity index (χ4v) is 3.27. The lowest BCUT2D eigenvalue weighted by Gasteiger charge is -2.33. The zero-order chi connectivity index (χ0) is 15.5. The lowest BCUT2D eigenvalue weighted by atomic mass is 9.90. The van der Waals surface area contributed by atoms with Crippen molar-refractivity contribution in [2.24, 2.45) is 0 Å². The molecule has 1 N–H and O–H groups in total. The number of ether oxygens (including phenoxy) is 2. The number of nitrogens with zero attached hydrogens (tertiary/aromatic N) is 1. The van der Waals surface area contributed by atoms with Gasteiger partial charge in [-0.15, -0.1) is 0 Å². The molecule has 2 aliphatic rings. The van der Waals surface area contributed by atoms with Crippen LogP contribution in [-0.4, -0.2) is 29.8 Å². The molecule has 2 aromatic carbocycles. The molecule has 1 unspecified atom stereocenters. The molecular weight excluding hydrogens is 282 g/mol. The van der Waals surface area contributed by atoms with Crippen molar-refractivity contribution in [3.63, 3.8) is 0 Å². The molecule has 22 heavy (non-hydrogen) atoms. The quantitative estimate of drug-likeness (QED) is 0.874. The maximum atomic E-state index is 12.6. The molecule has 1 atom stereocenters. The largest absolute Gasteiger partial charge is 0.454 e. The van der Waals surface area contributed by atoms with Crippen LogP contribution in [0, 0.1) is 6.92 Å². The summed E-state index contributed by atoms with van der Waals surface area (Å²) in [7, 11) is 1.59. The predicted molar refractivity (Wildman–Crippen MR) is 78.8 cm³/mol. The van der Waals surface area contributed by atoms with E-state index in [1.54, 1.807) is 19.2 Å². The molecule has 1 amide bonds. The van der Waals surface area contributed by atoms with Gasteiger partial charge < -0.3 is 19.5 Å². The number of amides is 1. The van der Waals surface area contributed by atoms with Gasteiger partial charge in [0.15, 0.2) is 17.2 Å². The van der Waals surface area contributed by atoms with Gasteiger partial charge in [-0.25, -0.2) is 0 Å². The summed E-state index contributed by atoms with van der Waals surface area (Å²) in [6.07, 6.45) is 0. The molecule has 2 aromatic rings. The summed E-state index contributed by atoms with van der Waals surface area (Å²) >= 11 is 0. The number of carbonyl (C=O) groups excluding carboxylic acids is 1. The third-order valence-corrected chi connectivity index (χ3v) is 4.43. The molecule has 0 spiro atoms. The average molecular weight is 297 g/mol. The lowest BCUT2D eigenvalue weighted by molar-refractivity contribution is -0.0386. The fraction of sp³-hybridized carbons (Fsp3) is 0.235. The SMILES string of the molecule is Cc1ccccc1C1(O)c2c(ccc3c2OCO3)C(=O)N1C. The molecule has 0 saturated carbocycles. The Morgan fingerprint density at radius 3 is 2.73 bits per heavy atom. The zero-order valence-corrected chi connectivity index (χ0v) is 12.3. The highest BCUT2D eigenvalue weighted by atomic mass is 16.7. The van der Waals surface area contributed by atoms with Crippen molar-refractivity contribution in [1.82, 2.24) is 4.90 Å². The second-order valence-corrected chi connectivity index (χ2v) is 5.57. The first kappa shape index (κ1) is 13.2. The van der Waals surface area contributed by atoms with Crippen molar-refractivity contribution in [2.75, 3.05) is 13.8 Å².